The quantitative estimate of drug-likeness (QED) is 0.160. The molecule has 3 atom stereocenters. The Kier molecular flexibility index (Phi) is 12.7. The third-order valence-electron chi connectivity index (χ3n) is 7.07. The number of hydrogen-bond donors (Lipinski definition) is 1. The minimum absolute atomic E-state index is 0.135. The Morgan fingerprint density at radius 3 is 1.95 bits per heavy atom. The zero-order valence-electron chi connectivity index (χ0n) is 25.4. The Hall–Kier alpha value is -1.88. The Balaban J connectivity index is 2.35. The zero-order chi connectivity index (χ0) is 30.1. The molecule has 0 spiro atoms. The molecule has 0 heterocycles. The number of rotatable bonds is 13. The fourth-order valence-electron chi connectivity index (χ4n) is 5.11. The molecule has 1 aliphatic rings. The molecule has 0 bridgehead atoms. The summed E-state index contributed by atoms with van der Waals surface area (Å²) in [6.45, 7) is 10.9. The lowest BCUT2D eigenvalue weighted by molar-refractivity contribution is -0.164. The van der Waals surface area contributed by atoms with Gasteiger partial charge >= 0.3 is 11.9 Å². The van der Waals surface area contributed by atoms with Crippen LogP contribution in [0.3, 0.4) is 0 Å². The number of alkyl halides is 1. The molecular formula is C31H48INO7. The van der Waals surface area contributed by atoms with Gasteiger partial charge in [0, 0.05) is 18.0 Å². The van der Waals surface area contributed by atoms with Crippen LogP contribution in [0.4, 0.5) is 0 Å². The average Bonchev–Trinajstić information content (AvgIpc) is 3.34. The third-order valence-corrected chi connectivity index (χ3v) is 8.05. The van der Waals surface area contributed by atoms with E-state index >= 15 is 0 Å². The van der Waals surface area contributed by atoms with Gasteiger partial charge in [-0.1, -0.05) is 47.6 Å². The molecule has 0 aliphatic heterocycles. The summed E-state index contributed by atoms with van der Waals surface area (Å²) >= 11 is 2.25. The van der Waals surface area contributed by atoms with Gasteiger partial charge in [0.25, 0.3) is 0 Å². The van der Waals surface area contributed by atoms with E-state index in [1.165, 1.54) is 0 Å². The van der Waals surface area contributed by atoms with Gasteiger partial charge in [-0.3, -0.25) is 9.59 Å². The largest absolute Gasteiger partial charge is 0.497 e. The van der Waals surface area contributed by atoms with Crippen LogP contribution in [0.1, 0.15) is 85.6 Å². The standard InChI is InChI=1S/C31H48INO7/c1-29(2,3)39-26(34)22(18-24(20-32)38-8)19-31(15-9-10-16-31)28(36)33-25(27(35)40-30(4,5)6)17-21-11-13-23(37-7)14-12-21/h11-14,22,24-25H,9-10,15-20H2,1-8H3,(H,33,36)/t22-,24+,25?/m1/s1. The van der Waals surface area contributed by atoms with Gasteiger partial charge in [-0.25, -0.2) is 4.79 Å². The lowest BCUT2D eigenvalue weighted by atomic mass is 9.75. The summed E-state index contributed by atoms with van der Waals surface area (Å²) < 4.78 is 23.1. The van der Waals surface area contributed by atoms with Crippen LogP contribution < -0.4 is 10.1 Å². The summed E-state index contributed by atoms with van der Waals surface area (Å²) in [5, 5.41) is 3.04. The van der Waals surface area contributed by atoms with E-state index in [1.807, 2.05) is 45.0 Å². The van der Waals surface area contributed by atoms with E-state index < -0.39 is 34.5 Å². The Bertz CT molecular complexity index is 971. The fourth-order valence-corrected chi connectivity index (χ4v) is 5.83. The number of benzene rings is 1. The molecule has 1 amide bonds. The Labute approximate surface area is 253 Å². The monoisotopic (exact) mass is 673 g/mol. The first-order valence-corrected chi connectivity index (χ1v) is 15.6. The average molecular weight is 674 g/mol. The molecule has 1 unspecified atom stereocenters. The molecule has 1 N–H and O–H groups in total. The highest BCUT2D eigenvalue weighted by molar-refractivity contribution is 14.1. The molecule has 1 saturated carbocycles. The van der Waals surface area contributed by atoms with Crippen LogP contribution in [0.15, 0.2) is 24.3 Å². The summed E-state index contributed by atoms with van der Waals surface area (Å²) in [7, 11) is 3.23. The predicted octanol–water partition coefficient (Wildman–Crippen LogP) is 5.81. The van der Waals surface area contributed by atoms with Crippen molar-refractivity contribution >= 4 is 40.4 Å². The van der Waals surface area contributed by atoms with E-state index in [4.69, 9.17) is 18.9 Å². The molecular weight excluding hydrogens is 625 g/mol. The van der Waals surface area contributed by atoms with E-state index in [0.29, 0.717) is 31.4 Å². The number of esters is 2. The molecule has 8 nitrogen and oxygen atoms in total. The molecule has 9 heteroatoms. The van der Waals surface area contributed by atoms with E-state index in [-0.39, 0.29) is 24.4 Å². The van der Waals surface area contributed by atoms with Crippen molar-refractivity contribution < 1.29 is 33.3 Å². The number of carbonyl (C=O) groups excluding carboxylic acids is 3. The van der Waals surface area contributed by atoms with Crippen LogP contribution in [-0.2, 0) is 35.0 Å². The minimum atomic E-state index is -0.876. The topological polar surface area (TPSA) is 100 Å². The summed E-state index contributed by atoms with van der Waals surface area (Å²) in [4.78, 5) is 40.7. The number of nitrogens with one attached hydrogen (secondary N) is 1. The van der Waals surface area contributed by atoms with Crippen molar-refractivity contribution in [3.05, 3.63) is 29.8 Å². The van der Waals surface area contributed by atoms with Gasteiger partial charge in [0.05, 0.1) is 24.5 Å². The molecule has 0 radical (unpaired) electrons. The van der Waals surface area contributed by atoms with Crippen molar-refractivity contribution in [3.8, 4) is 5.75 Å². The smallest absolute Gasteiger partial charge is 0.329 e. The first-order chi connectivity index (χ1) is 18.6. The second kappa shape index (κ2) is 14.8. The first kappa shape index (κ1) is 34.3. The van der Waals surface area contributed by atoms with Gasteiger partial charge in [0.2, 0.25) is 5.91 Å². The maximum absolute atomic E-state index is 14.1. The highest BCUT2D eigenvalue weighted by Gasteiger charge is 2.46. The zero-order valence-corrected chi connectivity index (χ0v) is 27.6. The Morgan fingerprint density at radius 1 is 0.925 bits per heavy atom. The number of amides is 1. The molecule has 0 saturated heterocycles. The highest BCUT2D eigenvalue weighted by atomic mass is 127. The molecule has 1 aromatic carbocycles. The Morgan fingerprint density at radius 2 is 1.48 bits per heavy atom. The normalized spacial score (nSPS) is 17.4. The van der Waals surface area contributed by atoms with Gasteiger partial charge in [-0.05, 0) is 84.9 Å². The maximum atomic E-state index is 14.1. The number of hydrogen-bond acceptors (Lipinski definition) is 7. The first-order valence-electron chi connectivity index (χ1n) is 14.1. The molecule has 1 aromatic rings. The van der Waals surface area contributed by atoms with Gasteiger partial charge in [-0.2, -0.15) is 0 Å². The molecule has 1 fully saturated rings. The molecule has 40 heavy (non-hydrogen) atoms. The van der Waals surface area contributed by atoms with Crippen molar-refractivity contribution in [3.63, 3.8) is 0 Å². The van der Waals surface area contributed by atoms with E-state index in [1.54, 1.807) is 35.0 Å². The molecule has 1 aliphatic carbocycles. The van der Waals surface area contributed by atoms with Crippen LogP contribution in [0.2, 0.25) is 0 Å². The van der Waals surface area contributed by atoms with E-state index in [0.717, 1.165) is 22.8 Å². The summed E-state index contributed by atoms with van der Waals surface area (Å²) in [5.74, 6) is -0.824. The van der Waals surface area contributed by atoms with Crippen molar-refractivity contribution in [1.82, 2.24) is 5.32 Å². The van der Waals surface area contributed by atoms with E-state index in [2.05, 4.69) is 27.9 Å². The predicted molar refractivity (Wildman–Crippen MR) is 164 cm³/mol. The lowest BCUT2D eigenvalue weighted by Gasteiger charge is -2.35. The number of halogens is 1. The van der Waals surface area contributed by atoms with Crippen LogP contribution in [0.5, 0.6) is 5.75 Å². The van der Waals surface area contributed by atoms with E-state index in [9.17, 15) is 14.4 Å². The minimum Gasteiger partial charge on any atom is -0.497 e. The van der Waals surface area contributed by atoms with Crippen molar-refractivity contribution in [1.29, 1.82) is 0 Å². The highest BCUT2D eigenvalue weighted by Crippen LogP contribution is 2.45. The second-order valence-corrected chi connectivity index (χ2v) is 13.7. The molecule has 226 valence electrons. The van der Waals surface area contributed by atoms with Gasteiger partial charge < -0.3 is 24.3 Å². The molecule has 2 rings (SSSR count). The van der Waals surface area contributed by atoms with Crippen LogP contribution >= 0.6 is 22.6 Å². The van der Waals surface area contributed by atoms with Crippen molar-refractivity contribution in [2.75, 3.05) is 18.6 Å². The van der Waals surface area contributed by atoms with Gasteiger partial charge in [0.15, 0.2) is 0 Å². The summed E-state index contributed by atoms with van der Waals surface area (Å²) in [6.07, 6.45) is 3.99. The lowest BCUT2D eigenvalue weighted by Crippen LogP contribution is -2.51. The second-order valence-electron chi connectivity index (χ2n) is 12.8. The van der Waals surface area contributed by atoms with Crippen molar-refractivity contribution in [2.24, 2.45) is 11.3 Å². The molecule has 0 aromatic heterocycles. The number of ether oxygens (including phenoxy) is 4. The number of carbonyl (C=O) groups is 3. The third kappa shape index (κ3) is 10.8. The number of methoxy groups -OCH3 is 2. The SMILES string of the molecule is COc1ccc(CC(NC(=O)C2(C[C@@H](C[C@@H](CI)OC)C(=O)OC(C)(C)C)CCCC2)C(=O)OC(C)(C)C)cc1. The maximum Gasteiger partial charge on any atom is 0.329 e. The van der Waals surface area contributed by atoms with Crippen LogP contribution in [0, 0.1) is 11.3 Å². The van der Waals surface area contributed by atoms with Gasteiger partial charge in [-0.15, -0.1) is 0 Å². The van der Waals surface area contributed by atoms with Crippen molar-refractivity contribution in [2.45, 2.75) is 110 Å². The summed E-state index contributed by atoms with van der Waals surface area (Å²) in [6, 6.07) is 6.53. The van der Waals surface area contributed by atoms with Crippen LogP contribution in [0.25, 0.3) is 0 Å². The summed E-state index contributed by atoms with van der Waals surface area (Å²) in [5.41, 5.74) is -1.27. The van der Waals surface area contributed by atoms with Crippen LogP contribution in [-0.4, -0.2) is 59.8 Å². The fraction of sp³-hybridized carbons (Fsp3) is 0.710. The van der Waals surface area contributed by atoms with Gasteiger partial charge in [0.1, 0.15) is 23.0 Å².